The molecule has 4 heteroatoms. The van der Waals surface area contributed by atoms with Gasteiger partial charge in [-0.2, -0.15) is 0 Å². The fourth-order valence-electron chi connectivity index (χ4n) is 2.32. The van der Waals surface area contributed by atoms with Crippen molar-refractivity contribution in [1.82, 2.24) is 10.2 Å². The zero-order valence-corrected chi connectivity index (χ0v) is 13.4. The topological polar surface area (TPSA) is 15.3 Å². The lowest BCUT2D eigenvalue weighted by Gasteiger charge is -2.31. The van der Waals surface area contributed by atoms with Gasteiger partial charge in [-0.05, 0) is 51.9 Å². The molecule has 0 aliphatic carbocycles. The van der Waals surface area contributed by atoms with Gasteiger partial charge < -0.3 is 5.32 Å². The highest BCUT2D eigenvalue weighted by Crippen LogP contribution is 2.21. The van der Waals surface area contributed by atoms with Crippen molar-refractivity contribution in [2.75, 3.05) is 19.6 Å². The lowest BCUT2D eigenvalue weighted by Crippen LogP contribution is -2.42. The van der Waals surface area contributed by atoms with Crippen LogP contribution in [-0.2, 0) is 6.54 Å². The van der Waals surface area contributed by atoms with Crippen LogP contribution in [0.2, 0.25) is 4.34 Å². The molecule has 2 heterocycles. The fourth-order valence-corrected chi connectivity index (χ4v) is 3.36. The summed E-state index contributed by atoms with van der Waals surface area (Å²) in [7, 11) is 0. The molecule has 19 heavy (non-hydrogen) atoms. The highest BCUT2D eigenvalue weighted by molar-refractivity contribution is 7.16. The van der Waals surface area contributed by atoms with Gasteiger partial charge in [0, 0.05) is 24.0 Å². The number of hydrogen-bond acceptors (Lipinski definition) is 3. The Morgan fingerprint density at radius 3 is 2.74 bits per heavy atom. The molecule has 0 unspecified atom stereocenters. The summed E-state index contributed by atoms with van der Waals surface area (Å²) in [6.45, 7) is 8.80. The normalized spacial score (nSPS) is 17.6. The zero-order valence-electron chi connectivity index (χ0n) is 11.8. The molecule has 0 amide bonds. The maximum atomic E-state index is 5.94. The van der Waals surface area contributed by atoms with Crippen LogP contribution in [-0.4, -0.2) is 30.6 Å². The first-order valence-corrected chi connectivity index (χ1v) is 8.16. The summed E-state index contributed by atoms with van der Waals surface area (Å²) in [6.07, 6.45) is 4.81. The van der Waals surface area contributed by atoms with Crippen LogP contribution < -0.4 is 5.32 Å². The van der Waals surface area contributed by atoms with E-state index in [1.54, 1.807) is 11.3 Å². The molecule has 1 fully saturated rings. The third-order valence-corrected chi connectivity index (χ3v) is 4.77. The number of rotatable bonds is 5. The Labute approximate surface area is 125 Å². The second-order valence-electron chi connectivity index (χ2n) is 5.44. The number of nitrogens with zero attached hydrogens (tertiary/aromatic N) is 1. The molecular weight excluding hydrogens is 276 g/mol. The van der Waals surface area contributed by atoms with Crippen LogP contribution in [0, 0.1) is 0 Å². The number of piperidine rings is 1. The van der Waals surface area contributed by atoms with E-state index in [0.717, 1.165) is 17.4 Å². The van der Waals surface area contributed by atoms with Crippen LogP contribution in [0.4, 0.5) is 0 Å². The summed E-state index contributed by atoms with van der Waals surface area (Å²) < 4.78 is 0.883. The van der Waals surface area contributed by atoms with Gasteiger partial charge in [-0.25, -0.2) is 0 Å². The second-order valence-corrected chi connectivity index (χ2v) is 7.24. The molecule has 1 saturated heterocycles. The molecule has 1 N–H and O–H groups in total. The molecule has 1 aromatic heterocycles. The maximum Gasteiger partial charge on any atom is 0.0931 e. The maximum absolute atomic E-state index is 5.94. The highest BCUT2D eigenvalue weighted by Gasteiger charge is 2.17. The van der Waals surface area contributed by atoms with Gasteiger partial charge in [-0.15, -0.1) is 11.3 Å². The van der Waals surface area contributed by atoms with Crippen LogP contribution in [0.25, 0.3) is 0 Å². The average molecular weight is 299 g/mol. The van der Waals surface area contributed by atoms with Gasteiger partial charge in [0.05, 0.1) is 4.34 Å². The Morgan fingerprint density at radius 1 is 1.42 bits per heavy atom. The number of hydrogen-bond donors (Lipinski definition) is 1. The minimum Gasteiger partial charge on any atom is -0.309 e. The van der Waals surface area contributed by atoms with Crippen LogP contribution in [0.5, 0.6) is 0 Å². The van der Waals surface area contributed by atoms with Crippen molar-refractivity contribution >= 4 is 22.9 Å². The van der Waals surface area contributed by atoms with E-state index >= 15 is 0 Å². The summed E-state index contributed by atoms with van der Waals surface area (Å²) in [6, 6.07) is 4.75. The van der Waals surface area contributed by atoms with Crippen LogP contribution in [0.1, 0.15) is 31.6 Å². The third-order valence-electron chi connectivity index (χ3n) is 3.54. The molecule has 2 nitrogen and oxygen atoms in total. The average Bonchev–Trinajstić information content (AvgIpc) is 2.81. The van der Waals surface area contributed by atoms with Gasteiger partial charge >= 0.3 is 0 Å². The van der Waals surface area contributed by atoms with E-state index in [0.29, 0.717) is 6.04 Å². The predicted molar refractivity (Wildman–Crippen MR) is 85.1 cm³/mol. The van der Waals surface area contributed by atoms with Gasteiger partial charge in [0.2, 0.25) is 0 Å². The first-order valence-electron chi connectivity index (χ1n) is 6.97. The fraction of sp³-hybridized carbons (Fsp3) is 0.600. The molecule has 0 atom stereocenters. The van der Waals surface area contributed by atoms with E-state index in [-0.39, 0.29) is 0 Å². The first kappa shape index (κ1) is 15.0. The molecule has 1 aromatic rings. The van der Waals surface area contributed by atoms with Gasteiger partial charge in [-0.3, -0.25) is 4.90 Å². The lowest BCUT2D eigenvalue weighted by atomic mass is 10.0. The molecule has 0 spiro atoms. The monoisotopic (exact) mass is 298 g/mol. The van der Waals surface area contributed by atoms with Gasteiger partial charge in [0.1, 0.15) is 0 Å². The highest BCUT2D eigenvalue weighted by atomic mass is 35.5. The first-order chi connectivity index (χ1) is 9.13. The quantitative estimate of drug-likeness (QED) is 0.829. The molecule has 1 aliphatic heterocycles. The van der Waals surface area contributed by atoms with Crippen molar-refractivity contribution in [3.05, 3.63) is 33.0 Å². The minimum absolute atomic E-state index is 0.656. The summed E-state index contributed by atoms with van der Waals surface area (Å²) >= 11 is 7.61. The van der Waals surface area contributed by atoms with E-state index in [4.69, 9.17) is 11.6 Å². The van der Waals surface area contributed by atoms with Gasteiger partial charge in [0.15, 0.2) is 0 Å². The van der Waals surface area contributed by atoms with Crippen LogP contribution >= 0.6 is 22.9 Å². The molecule has 0 bridgehead atoms. The Balaban J connectivity index is 1.67. The summed E-state index contributed by atoms with van der Waals surface area (Å²) in [4.78, 5) is 3.87. The summed E-state index contributed by atoms with van der Waals surface area (Å²) in [5.41, 5.74) is 1.41. The van der Waals surface area contributed by atoms with Crippen molar-refractivity contribution in [3.63, 3.8) is 0 Å². The Kier molecular flexibility index (Phi) is 5.89. The summed E-state index contributed by atoms with van der Waals surface area (Å²) in [5.74, 6) is 0. The van der Waals surface area contributed by atoms with E-state index in [1.165, 1.54) is 36.4 Å². The number of likely N-dealkylation sites (tertiary alicyclic amines) is 1. The van der Waals surface area contributed by atoms with E-state index in [9.17, 15) is 0 Å². The molecular formula is C15H23ClN2S. The summed E-state index contributed by atoms with van der Waals surface area (Å²) in [5, 5.41) is 3.65. The Morgan fingerprint density at radius 2 is 2.16 bits per heavy atom. The molecule has 0 saturated carbocycles. The Hall–Kier alpha value is -0.350. The van der Waals surface area contributed by atoms with Crippen molar-refractivity contribution in [3.8, 4) is 0 Å². The van der Waals surface area contributed by atoms with E-state index in [1.807, 2.05) is 6.07 Å². The SMILES string of the molecule is CC(C)=CCN1CCC(NCc2ccc(Cl)s2)CC1. The number of nitrogens with one attached hydrogen (secondary N) is 1. The van der Waals surface area contributed by atoms with E-state index in [2.05, 4.69) is 36.2 Å². The largest absolute Gasteiger partial charge is 0.309 e. The van der Waals surface area contributed by atoms with Gasteiger partial charge in [0.25, 0.3) is 0 Å². The number of halogens is 1. The number of thiophene rings is 1. The molecule has 106 valence electrons. The van der Waals surface area contributed by atoms with Crippen molar-refractivity contribution in [1.29, 1.82) is 0 Å². The predicted octanol–water partition coefficient (Wildman–Crippen LogP) is 3.92. The standard InChI is InChI=1S/C15H23ClN2S/c1-12(2)5-8-18-9-6-13(7-10-18)17-11-14-3-4-15(16)19-14/h3-5,13,17H,6-11H2,1-2H3. The molecule has 0 aromatic carbocycles. The Bertz CT molecular complexity index is 416. The molecule has 1 aliphatic rings. The minimum atomic E-state index is 0.656. The van der Waals surface area contributed by atoms with Crippen molar-refractivity contribution < 1.29 is 0 Å². The lowest BCUT2D eigenvalue weighted by molar-refractivity contribution is 0.214. The molecule has 2 rings (SSSR count). The molecule has 0 radical (unpaired) electrons. The number of allylic oxidation sites excluding steroid dienone is 1. The van der Waals surface area contributed by atoms with Crippen molar-refractivity contribution in [2.45, 2.75) is 39.3 Å². The second kappa shape index (κ2) is 7.44. The van der Waals surface area contributed by atoms with E-state index < -0.39 is 0 Å². The van der Waals surface area contributed by atoms with Crippen LogP contribution in [0.15, 0.2) is 23.8 Å². The smallest absolute Gasteiger partial charge is 0.0931 e. The third kappa shape index (κ3) is 5.27. The zero-order chi connectivity index (χ0) is 13.7. The van der Waals surface area contributed by atoms with Crippen molar-refractivity contribution in [2.24, 2.45) is 0 Å². The van der Waals surface area contributed by atoms with Crippen LogP contribution in [0.3, 0.4) is 0 Å². The van der Waals surface area contributed by atoms with Gasteiger partial charge in [-0.1, -0.05) is 23.3 Å².